The second-order valence-corrected chi connectivity index (χ2v) is 6.87. The van der Waals surface area contributed by atoms with Crippen LogP contribution in [-0.4, -0.2) is 7.11 Å². The van der Waals surface area contributed by atoms with E-state index in [0.29, 0.717) is 0 Å². The Morgan fingerprint density at radius 1 is 1.22 bits per heavy atom. The Balaban J connectivity index is 2.10. The molecule has 0 spiro atoms. The maximum Gasteiger partial charge on any atom is 0.121 e. The van der Waals surface area contributed by atoms with E-state index in [-0.39, 0.29) is 0 Å². The lowest BCUT2D eigenvalue weighted by molar-refractivity contribution is 0.415. The molecule has 0 aliphatic carbocycles. The molecule has 5 heteroatoms. The van der Waals surface area contributed by atoms with Crippen molar-refractivity contribution in [3.05, 3.63) is 43.0 Å². The van der Waals surface area contributed by atoms with Crippen LogP contribution in [0.2, 0.25) is 0 Å². The molecule has 1 aromatic heterocycles. The number of halogens is 2. The molecular formula is C13H13Br2NOS. The van der Waals surface area contributed by atoms with Gasteiger partial charge >= 0.3 is 0 Å². The normalized spacial score (nSPS) is 10.4. The van der Waals surface area contributed by atoms with E-state index in [1.807, 2.05) is 18.2 Å². The molecule has 0 fully saturated rings. The largest absolute Gasteiger partial charge is 0.497 e. The number of hydrogen-bond acceptors (Lipinski definition) is 3. The van der Waals surface area contributed by atoms with Crippen LogP contribution in [0.4, 0.5) is 5.69 Å². The Morgan fingerprint density at radius 2 is 2.00 bits per heavy atom. The van der Waals surface area contributed by atoms with Gasteiger partial charge in [-0.1, -0.05) is 0 Å². The molecule has 2 rings (SSSR count). The van der Waals surface area contributed by atoms with Crippen LogP contribution in [-0.2, 0) is 6.54 Å². The molecule has 1 aromatic carbocycles. The average molecular weight is 391 g/mol. The van der Waals surface area contributed by atoms with E-state index >= 15 is 0 Å². The molecular weight excluding hydrogens is 378 g/mol. The zero-order chi connectivity index (χ0) is 13.1. The summed E-state index contributed by atoms with van der Waals surface area (Å²) in [7, 11) is 1.67. The number of rotatable bonds is 4. The van der Waals surface area contributed by atoms with Gasteiger partial charge in [0, 0.05) is 31.3 Å². The minimum Gasteiger partial charge on any atom is -0.497 e. The maximum absolute atomic E-state index is 5.22. The molecule has 2 nitrogen and oxygen atoms in total. The average Bonchev–Trinajstić information content (AvgIpc) is 2.68. The molecule has 2 aromatic rings. The fourth-order valence-electron chi connectivity index (χ4n) is 1.55. The van der Waals surface area contributed by atoms with Crippen molar-refractivity contribution in [3.63, 3.8) is 0 Å². The van der Waals surface area contributed by atoms with E-state index in [1.165, 1.54) is 14.2 Å². The standard InChI is InChI=1S/C13H13Br2NOS/c1-8-12(15)6-10(18-8)7-16-13-5-9(17-2)3-4-11(13)14/h3-6,16H,7H2,1-2H3. The van der Waals surface area contributed by atoms with Crippen molar-refractivity contribution in [2.24, 2.45) is 0 Å². The van der Waals surface area contributed by atoms with Gasteiger partial charge in [0.2, 0.25) is 0 Å². The second kappa shape index (κ2) is 6.08. The van der Waals surface area contributed by atoms with Crippen LogP contribution >= 0.6 is 43.2 Å². The number of methoxy groups -OCH3 is 1. The highest BCUT2D eigenvalue weighted by molar-refractivity contribution is 9.11. The maximum atomic E-state index is 5.22. The molecule has 96 valence electrons. The number of aryl methyl sites for hydroxylation is 1. The molecule has 0 bridgehead atoms. The van der Waals surface area contributed by atoms with Crippen molar-refractivity contribution >= 4 is 48.9 Å². The van der Waals surface area contributed by atoms with Gasteiger partial charge in [-0.3, -0.25) is 0 Å². The van der Waals surface area contributed by atoms with Crippen molar-refractivity contribution < 1.29 is 4.74 Å². The van der Waals surface area contributed by atoms with E-state index in [9.17, 15) is 0 Å². The van der Waals surface area contributed by atoms with Crippen LogP contribution in [0.3, 0.4) is 0 Å². The second-order valence-electron chi connectivity index (χ2n) is 3.82. The van der Waals surface area contributed by atoms with Gasteiger partial charge in [-0.2, -0.15) is 0 Å². The summed E-state index contributed by atoms with van der Waals surface area (Å²) in [6.45, 7) is 2.92. The Morgan fingerprint density at radius 3 is 2.61 bits per heavy atom. The zero-order valence-electron chi connectivity index (χ0n) is 10.1. The molecule has 0 unspecified atom stereocenters. The number of hydrogen-bond donors (Lipinski definition) is 1. The Bertz CT molecular complexity index is 534. The molecule has 1 N–H and O–H groups in total. The first kappa shape index (κ1) is 13.9. The highest BCUT2D eigenvalue weighted by Gasteiger charge is 2.05. The smallest absolute Gasteiger partial charge is 0.121 e. The quantitative estimate of drug-likeness (QED) is 0.774. The molecule has 1 heterocycles. The minimum absolute atomic E-state index is 0.808. The van der Waals surface area contributed by atoms with E-state index in [1.54, 1.807) is 18.4 Å². The lowest BCUT2D eigenvalue weighted by atomic mass is 10.3. The first-order valence-electron chi connectivity index (χ1n) is 5.42. The SMILES string of the molecule is COc1ccc(Br)c(NCc2cc(Br)c(C)s2)c1. The van der Waals surface area contributed by atoms with Crippen LogP contribution in [0.1, 0.15) is 9.75 Å². The van der Waals surface area contributed by atoms with Crippen molar-refractivity contribution in [2.45, 2.75) is 13.5 Å². The number of anilines is 1. The first-order valence-corrected chi connectivity index (χ1v) is 7.82. The lowest BCUT2D eigenvalue weighted by Gasteiger charge is -2.09. The monoisotopic (exact) mass is 389 g/mol. The summed E-state index contributed by atoms with van der Waals surface area (Å²) in [5.74, 6) is 0.851. The molecule has 0 atom stereocenters. The van der Waals surface area contributed by atoms with Gasteiger partial charge in [-0.05, 0) is 57.0 Å². The van der Waals surface area contributed by atoms with Crippen LogP contribution in [0.25, 0.3) is 0 Å². The number of ether oxygens (including phenoxy) is 1. The summed E-state index contributed by atoms with van der Waals surface area (Å²) in [5.41, 5.74) is 1.04. The summed E-state index contributed by atoms with van der Waals surface area (Å²) in [6, 6.07) is 8.05. The highest BCUT2D eigenvalue weighted by atomic mass is 79.9. The van der Waals surface area contributed by atoms with E-state index in [2.05, 4.69) is 50.2 Å². The highest BCUT2D eigenvalue weighted by Crippen LogP contribution is 2.30. The van der Waals surface area contributed by atoms with Crippen LogP contribution < -0.4 is 10.1 Å². The van der Waals surface area contributed by atoms with Gasteiger partial charge in [-0.15, -0.1) is 11.3 Å². The van der Waals surface area contributed by atoms with Gasteiger partial charge in [-0.25, -0.2) is 0 Å². The van der Waals surface area contributed by atoms with Gasteiger partial charge < -0.3 is 10.1 Å². The number of benzene rings is 1. The lowest BCUT2D eigenvalue weighted by Crippen LogP contribution is -1.98. The van der Waals surface area contributed by atoms with Gasteiger partial charge in [0.25, 0.3) is 0 Å². The molecule has 0 saturated heterocycles. The zero-order valence-corrected chi connectivity index (χ0v) is 14.1. The van der Waals surface area contributed by atoms with Gasteiger partial charge in [0.05, 0.1) is 12.8 Å². The van der Waals surface area contributed by atoms with Crippen molar-refractivity contribution in [1.29, 1.82) is 0 Å². The van der Waals surface area contributed by atoms with E-state index in [4.69, 9.17) is 4.74 Å². The minimum atomic E-state index is 0.808. The fourth-order valence-corrected chi connectivity index (χ4v) is 3.48. The van der Waals surface area contributed by atoms with Crippen molar-refractivity contribution in [1.82, 2.24) is 0 Å². The first-order chi connectivity index (χ1) is 8.60. The molecule has 18 heavy (non-hydrogen) atoms. The van der Waals surface area contributed by atoms with Gasteiger partial charge in [0.1, 0.15) is 5.75 Å². The predicted octanol–water partition coefficient (Wildman–Crippen LogP) is 5.20. The Hall–Kier alpha value is -0.520. The molecule has 0 aliphatic rings. The summed E-state index contributed by atoms with van der Waals surface area (Å²) in [5, 5.41) is 3.41. The fraction of sp³-hybridized carbons (Fsp3) is 0.231. The van der Waals surface area contributed by atoms with E-state index < -0.39 is 0 Å². The molecule has 0 amide bonds. The summed E-state index contributed by atoms with van der Waals surface area (Å²) in [6.07, 6.45) is 0. The molecule has 0 aliphatic heterocycles. The number of thiophene rings is 1. The van der Waals surface area contributed by atoms with Gasteiger partial charge in [0.15, 0.2) is 0 Å². The third kappa shape index (κ3) is 3.28. The van der Waals surface area contributed by atoms with Crippen molar-refractivity contribution in [2.75, 3.05) is 12.4 Å². The third-order valence-electron chi connectivity index (χ3n) is 2.53. The van der Waals surface area contributed by atoms with E-state index in [0.717, 1.165) is 22.5 Å². The Labute approximate surface area is 128 Å². The van der Waals surface area contributed by atoms with Crippen LogP contribution in [0.15, 0.2) is 33.2 Å². The summed E-state index contributed by atoms with van der Waals surface area (Å²) < 4.78 is 7.43. The Kier molecular flexibility index (Phi) is 4.70. The van der Waals surface area contributed by atoms with Crippen LogP contribution in [0, 0.1) is 6.92 Å². The van der Waals surface area contributed by atoms with Crippen LogP contribution in [0.5, 0.6) is 5.75 Å². The molecule has 0 saturated carbocycles. The number of nitrogens with one attached hydrogen (secondary N) is 1. The summed E-state index contributed by atoms with van der Waals surface area (Å²) in [4.78, 5) is 2.60. The topological polar surface area (TPSA) is 21.3 Å². The summed E-state index contributed by atoms with van der Waals surface area (Å²) >= 11 is 8.86. The predicted molar refractivity (Wildman–Crippen MR) is 84.8 cm³/mol. The molecule has 0 radical (unpaired) electrons. The third-order valence-corrected chi connectivity index (χ3v) is 5.36. The van der Waals surface area contributed by atoms with Crippen molar-refractivity contribution in [3.8, 4) is 5.75 Å².